The van der Waals surface area contributed by atoms with E-state index in [0.29, 0.717) is 11.7 Å². The number of nitrogens with one attached hydrogen (secondary N) is 2. The van der Waals surface area contributed by atoms with E-state index in [1.807, 2.05) is 12.1 Å². The second kappa shape index (κ2) is 6.40. The molecule has 3 N–H and O–H groups in total. The molecule has 0 fully saturated rings. The lowest BCUT2D eigenvalue weighted by Crippen LogP contribution is -2.17. The van der Waals surface area contributed by atoms with E-state index in [4.69, 9.17) is 0 Å². The van der Waals surface area contributed by atoms with E-state index in [1.54, 1.807) is 0 Å². The fraction of sp³-hybridized carbons (Fsp3) is 0.571. The van der Waals surface area contributed by atoms with Gasteiger partial charge in [-0.3, -0.25) is 0 Å². The normalized spacial score (nSPS) is 12.8. The van der Waals surface area contributed by atoms with Crippen molar-refractivity contribution in [2.75, 3.05) is 0 Å². The molecule has 0 unspecified atom stereocenters. The summed E-state index contributed by atoms with van der Waals surface area (Å²) in [5.74, 6) is 0.790. The van der Waals surface area contributed by atoms with Gasteiger partial charge in [-0.15, -0.1) is 0 Å². The Kier molecular flexibility index (Phi) is 4.95. The number of H-pyrrole nitrogens is 2. The van der Waals surface area contributed by atoms with Crippen molar-refractivity contribution in [3.05, 3.63) is 39.4 Å². The molecule has 0 aliphatic rings. The molecule has 0 aliphatic heterocycles. The molecule has 0 spiro atoms. The average Bonchev–Trinajstić information content (AvgIpc) is 2.76. The number of hydrogen-bond acceptors (Lipinski definition) is 2. The minimum atomic E-state index is -0.199. The van der Waals surface area contributed by atoms with Gasteiger partial charge < -0.3 is 15.1 Å². The highest BCUT2D eigenvalue weighted by molar-refractivity contribution is 5.68. The third-order valence-electron chi connectivity index (χ3n) is 4.43. The maximum atomic E-state index is 11.9. The molecular weight excluding hydrogens is 312 g/mol. The van der Waals surface area contributed by atoms with Gasteiger partial charge in [-0.1, -0.05) is 55.4 Å². The summed E-state index contributed by atoms with van der Waals surface area (Å²) in [6.07, 6.45) is 0.796. The van der Waals surface area contributed by atoms with Gasteiger partial charge >= 0.3 is 5.69 Å². The van der Waals surface area contributed by atoms with Crippen molar-refractivity contribution in [3.63, 3.8) is 0 Å². The van der Waals surface area contributed by atoms with Gasteiger partial charge in [0.25, 0.3) is 0 Å². The van der Waals surface area contributed by atoms with Crippen LogP contribution in [0.3, 0.4) is 0 Å². The summed E-state index contributed by atoms with van der Waals surface area (Å²) >= 11 is 0. The first-order valence-corrected chi connectivity index (χ1v) is 9.00. The smallest absolute Gasteiger partial charge is 0.323 e. The predicted molar refractivity (Wildman–Crippen MR) is 104 cm³/mol. The van der Waals surface area contributed by atoms with Crippen LogP contribution in [0.5, 0.6) is 5.75 Å². The molecule has 2 aromatic rings. The molecular formula is C21H32N2O2. The van der Waals surface area contributed by atoms with Crippen molar-refractivity contribution < 1.29 is 5.11 Å². The van der Waals surface area contributed by atoms with Crippen molar-refractivity contribution in [3.8, 4) is 17.0 Å². The van der Waals surface area contributed by atoms with Gasteiger partial charge in [0.2, 0.25) is 0 Å². The van der Waals surface area contributed by atoms with E-state index in [2.05, 4.69) is 65.4 Å². The molecule has 1 aromatic heterocycles. The van der Waals surface area contributed by atoms with Crippen LogP contribution in [0.4, 0.5) is 0 Å². The van der Waals surface area contributed by atoms with Gasteiger partial charge in [0.1, 0.15) is 5.75 Å². The van der Waals surface area contributed by atoms with Crippen LogP contribution in [-0.2, 0) is 17.3 Å². The van der Waals surface area contributed by atoms with E-state index in [1.165, 1.54) is 0 Å². The van der Waals surface area contributed by atoms with E-state index >= 15 is 0 Å². The number of aromatic amines is 2. The first-order chi connectivity index (χ1) is 11.3. The largest absolute Gasteiger partial charge is 0.507 e. The maximum Gasteiger partial charge on any atom is 0.323 e. The highest BCUT2D eigenvalue weighted by Crippen LogP contribution is 2.42. The number of rotatable bonds is 3. The van der Waals surface area contributed by atoms with E-state index < -0.39 is 0 Å². The third kappa shape index (κ3) is 4.17. The number of aromatic nitrogens is 2. The van der Waals surface area contributed by atoms with Gasteiger partial charge in [-0.2, -0.15) is 0 Å². The topological polar surface area (TPSA) is 68.9 Å². The Morgan fingerprint density at radius 3 is 1.84 bits per heavy atom. The fourth-order valence-electron chi connectivity index (χ4n) is 3.15. The molecule has 25 heavy (non-hydrogen) atoms. The Morgan fingerprint density at radius 2 is 1.44 bits per heavy atom. The van der Waals surface area contributed by atoms with Crippen molar-refractivity contribution in [2.45, 2.75) is 72.6 Å². The van der Waals surface area contributed by atoms with E-state index in [0.717, 1.165) is 34.5 Å². The van der Waals surface area contributed by atoms with Crippen LogP contribution in [0.15, 0.2) is 16.9 Å². The first-order valence-electron chi connectivity index (χ1n) is 9.00. The standard InChI is InChI=1S/C21H32N2O2/c1-12(2)9-16-17(23-19(25)22-16)13-10-14(20(3,4)5)18(24)15(11-13)21(6,7)8/h10-12,24H,9H2,1-8H3,(H2,22,23,25). The summed E-state index contributed by atoms with van der Waals surface area (Å²) in [6.45, 7) is 16.8. The number of phenolic OH excluding ortho intramolecular Hbond substituents is 1. The molecule has 0 bridgehead atoms. The van der Waals surface area contributed by atoms with Crippen LogP contribution in [0.1, 0.15) is 72.2 Å². The number of hydrogen-bond donors (Lipinski definition) is 3. The summed E-state index contributed by atoms with van der Waals surface area (Å²) in [4.78, 5) is 17.8. The van der Waals surface area contributed by atoms with Gasteiger partial charge in [0, 0.05) is 22.4 Å². The van der Waals surface area contributed by atoms with Crippen molar-refractivity contribution in [2.24, 2.45) is 5.92 Å². The monoisotopic (exact) mass is 344 g/mol. The number of benzene rings is 1. The van der Waals surface area contributed by atoms with Gasteiger partial charge in [0.15, 0.2) is 0 Å². The van der Waals surface area contributed by atoms with Gasteiger partial charge in [-0.25, -0.2) is 4.79 Å². The lowest BCUT2D eigenvalue weighted by Gasteiger charge is -2.28. The Bertz CT molecular complexity index is 777. The second-order valence-corrected chi connectivity index (χ2v) is 9.45. The van der Waals surface area contributed by atoms with Crippen LogP contribution in [0.25, 0.3) is 11.3 Å². The maximum absolute atomic E-state index is 11.9. The Balaban J connectivity index is 2.77. The number of phenols is 1. The summed E-state index contributed by atoms with van der Waals surface area (Å²) in [7, 11) is 0. The third-order valence-corrected chi connectivity index (χ3v) is 4.43. The van der Waals surface area contributed by atoms with Crippen molar-refractivity contribution in [1.82, 2.24) is 9.97 Å². The van der Waals surface area contributed by atoms with E-state index in [9.17, 15) is 9.90 Å². The lowest BCUT2D eigenvalue weighted by atomic mass is 9.78. The SMILES string of the molecule is CC(C)Cc1[nH]c(=O)[nH]c1-c1cc(C(C)(C)C)c(O)c(C(C)(C)C)c1. The zero-order chi connectivity index (χ0) is 19.2. The molecule has 0 aliphatic carbocycles. The van der Waals surface area contributed by atoms with Gasteiger partial charge in [0.05, 0.1) is 5.69 Å². The second-order valence-electron chi connectivity index (χ2n) is 9.45. The summed E-state index contributed by atoms with van der Waals surface area (Å²) < 4.78 is 0. The highest BCUT2D eigenvalue weighted by Gasteiger charge is 2.27. The Labute approximate surface area is 150 Å². The number of aromatic hydroxyl groups is 1. The zero-order valence-electron chi connectivity index (χ0n) is 16.8. The molecule has 138 valence electrons. The average molecular weight is 344 g/mol. The van der Waals surface area contributed by atoms with Crippen molar-refractivity contribution >= 4 is 0 Å². The van der Waals surface area contributed by atoms with Crippen LogP contribution >= 0.6 is 0 Å². The molecule has 4 heteroatoms. The summed E-state index contributed by atoms with van der Waals surface area (Å²) in [5.41, 5.74) is 3.90. The van der Waals surface area contributed by atoms with Crippen LogP contribution in [-0.4, -0.2) is 15.1 Å². The summed E-state index contributed by atoms with van der Waals surface area (Å²) in [5, 5.41) is 10.9. The predicted octanol–water partition coefficient (Wildman–Crippen LogP) is 4.87. The van der Waals surface area contributed by atoms with Crippen LogP contribution in [0, 0.1) is 5.92 Å². The molecule has 1 aromatic carbocycles. The molecule has 0 atom stereocenters. The van der Waals surface area contributed by atoms with Crippen LogP contribution in [0.2, 0.25) is 0 Å². The number of imidazole rings is 1. The molecule has 0 amide bonds. The molecule has 0 saturated carbocycles. The van der Waals surface area contributed by atoms with Crippen LogP contribution < -0.4 is 5.69 Å². The molecule has 1 heterocycles. The summed E-state index contributed by atoms with van der Waals surface area (Å²) in [6, 6.07) is 4.01. The van der Waals surface area contributed by atoms with Gasteiger partial charge in [-0.05, 0) is 35.3 Å². The Hall–Kier alpha value is -1.97. The quantitative estimate of drug-likeness (QED) is 0.743. The molecule has 0 radical (unpaired) electrons. The molecule has 0 saturated heterocycles. The molecule has 4 nitrogen and oxygen atoms in total. The Morgan fingerprint density at radius 1 is 0.960 bits per heavy atom. The van der Waals surface area contributed by atoms with E-state index in [-0.39, 0.29) is 16.5 Å². The van der Waals surface area contributed by atoms with Crippen molar-refractivity contribution in [1.29, 1.82) is 0 Å². The molecule has 2 rings (SSSR count). The fourth-order valence-corrected chi connectivity index (χ4v) is 3.15. The minimum Gasteiger partial charge on any atom is -0.507 e. The zero-order valence-corrected chi connectivity index (χ0v) is 16.8. The highest BCUT2D eigenvalue weighted by atomic mass is 16.3. The lowest BCUT2D eigenvalue weighted by molar-refractivity contribution is 0.423. The first kappa shape index (κ1) is 19.4. The minimum absolute atomic E-state index is 0.187.